The van der Waals surface area contributed by atoms with Gasteiger partial charge in [0.05, 0.1) is 22.5 Å². The van der Waals surface area contributed by atoms with Gasteiger partial charge in [-0.1, -0.05) is 55.0 Å². The molecule has 4 aromatic rings. The van der Waals surface area contributed by atoms with E-state index in [-0.39, 0.29) is 16.8 Å². The van der Waals surface area contributed by atoms with Crippen molar-refractivity contribution in [1.82, 2.24) is 10.4 Å². The molecule has 0 bridgehead atoms. The third kappa shape index (κ3) is 6.41. The summed E-state index contributed by atoms with van der Waals surface area (Å²) in [5.41, 5.74) is 6.33. The summed E-state index contributed by atoms with van der Waals surface area (Å²) < 4.78 is 91.4. The molecule has 2 amide bonds. The molecule has 0 atom stereocenters. The van der Waals surface area contributed by atoms with E-state index < -0.39 is 35.5 Å². The summed E-state index contributed by atoms with van der Waals surface area (Å²) in [5, 5.41) is 5.98. The van der Waals surface area contributed by atoms with Crippen molar-refractivity contribution in [3.63, 3.8) is 0 Å². The molecule has 0 aliphatic carbocycles. The predicted octanol–water partition coefficient (Wildman–Crippen LogP) is 7.70. The van der Waals surface area contributed by atoms with Gasteiger partial charge in [0.1, 0.15) is 0 Å². The van der Waals surface area contributed by atoms with Crippen molar-refractivity contribution >= 4 is 34.1 Å². The first-order valence-corrected chi connectivity index (χ1v) is 13.1. The Balaban J connectivity index is 1.59. The summed E-state index contributed by atoms with van der Waals surface area (Å²) in [5.74, 6) is -16.1. The number of nitrogens with one attached hydrogen (secondary N) is 2. The summed E-state index contributed by atoms with van der Waals surface area (Å²) in [7, 11) is 0. The van der Waals surface area contributed by atoms with Gasteiger partial charge in [-0.15, -0.1) is 0 Å². The molecule has 13 heteroatoms. The number of rotatable bonds is 8. The Bertz CT molecular complexity index is 1750. The van der Waals surface area contributed by atoms with Crippen molar-refractivity contribution in [2.45, 2.75) is 45.2 Å². The van der Waals surface area contributed by atoms with Gasteiger partial charge in [-0.05, 0) is 61.7 Å². The summed E-state index contributed by atoms with van der Waals surface area (Å²) in [6.45, 7) is 5.30. The van der Waals surface area contributed by atoms with Crippen molar-refractivity contribution in [3.05, 3.63) is 95.1 Å². The lowest BCUT2D eigenvalue weighted by molar-refractivity contribution is -0.343. The van der Waals surface area contributed by atoms with Crippen molar-refractivity contribution in [2.75, 3.05) is 5.32 Å². The maximum absolute atomic E-state index is 13.8. The molecule has 0 fully saturated rings. The van der Waals surface area contributed by atoms with Crippen LogP contribution in [0.15, 0.2) is 77.9 Å². The number of hydrazone groups is 1. The highest BCUT2D eigenvalue weighted by atomic mass is 19.4. The van der Waals surface area contributed by atoms with E-state index in [1.807, 2.05) is 44.2 Å². The number of benzene rings is 3. The fourth-order valence-corrected chi connectivity index (χ4v) is 4.20. The molecule has 0 radical (unpaired) electrons. The number of hydrogen-bond donors (Lipinski definition) is 2. The number of hydrogen-bond acceptors (Lipinski definition) is 4. The van der Waals surface area contributed by atoms with Crippen LogP contribution in [0.2, 0.25) is 0 Å². The van der Waals surface area contributed by atoms with Crippen molar-refractivity contribution < 1.29 is 40.3 Å². The first kappa shape index (κ1) is 32.1. The van der Waals surface area contributed by atoms with Crippen LogP contribution in [0.4, 0.5) is 36.4 Å². The number of nitrogens with zero attached hydrogens (tertiary/aromatic N) is 2. The van der Waals surface area contributed by atoms with Crippen LogP contribution in [0.3, 0.4) is 0 Å². The zero-order valence-electron chi connectivity index (χ0n) is 23.5. The number of fused-ring (bicyclic) bond motifs is 1. The van der Waals surface area contributed by atoms with E-state index in [4.69, 9.17) is 4.98 Å². The molecule has 0 spiro atoms. The first-order valence-electron chi connectivity index (χ1n) is 13.1. The van der Waals surface area contributed by atoms with E-state index in [1.54, 1.807) is 18.2 Å². The van der Waals surface area contributed by atoms with Gasteiger partial charge in [-0.25, -0.2) is 10.4 Å². The molecule has 6 nitrogen and oxygen atoms in total. The highest BCUT2D eigenvalue weighted by Gasteiger charge is 2.76. The first-order chi connectivity index (χ1) is 20.5. The Kier molecular flexibility index (Phi) is 8.80. The molecular weight excluding hydrogens is 593 g/mol. The van der Waals surface area contributed by atoms with E-state index in [2.05, 4.69) is 10.5 Å². The molecule has 0 aliphatic rings. The van der Waals surface area contributed by atoms with Crippen LogP contribution in [-0.2, 0) is 11.2 Å². The third-order valence-electron chi connectivity index (χ3n) is 6.77. The molecule has 0 unspecified atom stereocenters. The fourth-order valence-electron chi connectivity index (χ4n) is 4.20. The second kappa shape index (κ2) is 12.1. The minimum atomic E-state index is -6.66. The van der Waals surface area contributed by atoms with Crippen LogP contribution in [0.1, 0.15) is 40.9 Å². The van der Waals surface area contributed by atoms with Crippen LogP contribution in [0.5, 0.6) is 0 Å². The monoisotopic (exact) mass is 618 g/mol. The van der Waals surface area contributed by atoms with Crippen molar-refractivity contribution in [3.8, 4) is 11.3 Å². The van der Waals surface area contributed by atoms with Crippen LogP contribution in [0.25, 0.3) is 22.2 Å². The smallest absolute Gasteiger partial charge is 0.321 e. The number of pyridine rings is 1. The van der Waals surface area contributed by atoms with Crippen LogP contribution >= 0.6 is 0 Å². The van der Waals surface area contributed by atoms with Crippen molar-refractivity contribution in [1.29, 1.82) is 0 Å². The van der Waals surface area contributed by atoms with Gasteiger partial charge in [0, 0.05) is 16.6 Å². The molecule has 1 heterocycles. The molecule has 1 aromatic heterocycles. The lowest BCUT2D eigenvalue weighted by Crippen LogP contribution is -2.57. The van der Waals surface area contributed by atoms with Crippen LogP contribution < -0.4 is 10.7 Å². The SMILES string of the molecule is CCc1ccc(-c2cc(C(=O)N/N=C(/C)c3cccc(NC(=O)C(F)(F)C(F)(F)C(F)(F)F)c3)c3cc(C)ccc3n2)cc1. The molecule has 4 rings (SSSR count). The topological polar surface area (TPSA) is 83.5 Å². The Morgan fingerprint density at radius 2 is 1.57 bits per heavy atom. The number of anilines is 1. The van der Waals surface area contributed by atoms with Crippen LogP contribution in [-0.4, -0.2) is 40.5 Å². The summed E-state index contributed by atoms with van der Waals surface area (Å²) >= 11 is 0. The largest absolute Gasteiger partial charge is 0.460 e. The average Bonchev–Trinajstić information content (AvgIpc) is 2.98. The second-order valence-electron chi connectivity index (χ2n) is 9.95. The van der Waals surface area contributed by atoms with Crippen molar-refractivity contribution in [2.24, 2.45) is 5.10 Å². The Morgan fingerprint density at radius 1 is 0.886 bits per heavy atom. The highest BCUT2D eigenvalue weighted by molar-refractivity contribution is 6.08. The highest BCUT2D eigenvalue weighted by Crippen LogP contribution is 2.46. The number of carbonyl (C=O) groups is 2. The van der Waals surface area contributed by atoms with Gasteiger partial charge in [0.15, 0.2) is 0 Å². The molecule has 230 valence electrons. The van der Waals surface area contributed by atoms with Gasteiger partial charge >= 0.3 is 23.9 Å². The lowest BCUT2D eigenvalue weighted by Gasteiger charge is -2.27. The van der Waals surface area contributed by atoms with E-state index >= 15 is 0 Å². The predicted molar refractivity (Wildman–Crippen MR) is 152 cm³/mol. The number of halogens is 7. The lowest BCUT2D eigenvalue weighted by atomic mass is 10.0. The molecule has 2 N–H and O–H groups in total. The number of alkyl halides is 7. The maximum atomic E-state index is 13.8. The molecular formula is C31H25F7N4O2. The number of carbonyl (C=O) groups excluding carboxylic acids is 2. The standard InChI is InChI=1S/C31H25F7N4O2/c1-4-19-9-11-20(12-10-19)26-16-24(23-14-17(2)8-13-25(23)40-26)27(43)42-41-18(3)21-6-5-7-22(15-21)39-28(44)29(32,33)30(34,35)31(36,37)38/h5-16H,4H2,1-3H3,(H,39,44)(H,42,43)/b41-18-. The quantitative estimate of drug-likeness (QED) is 0.121. The normalized spacial score (nSPS) is 12.7. The van der Waals surface area contributed by atoms with E-state index in [1.165, 1.54) is 24.4 Å². The van der Waals surface area contributed by atoms with Gasteiger partial charge in [-0.3, -0.25) is 9.59 Å². The minimum Gasteiger partial charge on any atom is -0.321 e. The van der Waals surface area contributed by atoms with E-state index in [0.29, 0.717) is 16.6 Å². The zero-order valence-corrected chi connectivity index (χ0v) is 23.5. The van der Waals surface area contributed by atoms with E-state index in [9.17, 15) is 40.3 Å². The van der Waals surface area contributed by atoms with Gasteiger partial charge in [0.25, 0.3) is 5.91 Å². The number of aryl methyl sites for hydroxylation is 2. The van der Waals surface area contributed by atoms with Gasteiger partial charge in [0.2, 0.25) is 0 Å². The van der Waals surface area contributed by atoms with Gasteiger partial charge < -0.3 is 5.32 Å². The summed E-state index contributed by atoms with van der Waals surface area (Å²) in [6.07, 6.45) is -5.80. The molecule has 0 aliphatic heterocycles. The number of aromatic nitrogens is 1. The zero-order chi connectivity index (χ0) is 32.4. The molecule has 44 heavy (non-hydrogen) atoms. The Hall–Kier alpha value is -4.81. The minimum absolute atomic E-state index is 0.103. The van der Waals surface area contributed by atoms with Crippen LogP contribution in [0, 0.1) is 6.92 Å². The fraction of sp³-hybridized carbons (Fsp3) is 0.226. The maximum Gasteiger partial charge on any atom is 0.460 e. The summed E-state index contributed by atoms with van der Waals surface area (Å²) in [6, 6.07) is 19.4. The Labute approximate surface area is 247 Å². The molecule has 0 saturated heterocycles. The Morgan fingerprint density at radius 3 is 2.20 bits per heavy atom. The second-order valence-corrected chi connectivity index (χ2v) is 9.95. The van der Waals surface area contributed by atoms with Gasteiger partial charge in [-0.2, -0.15) is 35.8 Å². The molecule has 0 saturated carbocycles. The third-order valence-corrected chi connectivity index (χ3v) is 6.77. The number of amides is 2. The van der Waals surface area contributed by atoms with E-state index in [0.717, 1.165) is 35.2 Å². The molecule has 3 aromatic carbocycles. The average molecular weight is 619 g/mol. The summed E-state index contributed by atoms with van der Waals surface area (Å²) in [4.78, 5) is 29.8.